The molecule has 0 aliphatic heterocycles. The van der Waals surface area contributed by atoms with Crippen LogP contribution in [0, 0.1) is 0 Å². The minimum Gasteiger partial charge on any atom is -0.304 e. The summed E-state index contributed by atoms with van der Waals surface area (Å²) in [6, 6.07) is 9.46. The van der Waals surface area contributed by atoms with Gasteiger partial charge in [-0.25, -0.2) is 14.5 Å². The highest BCUT2D eigenvalue weighted by atomic mass is 16.1. The van der Waals surface area contributed by atoms with Gasteiger partial charge in [-0.05, 0) is 18.2 Å². The fraction of sp³-hybridized carbons (Fsp3) is 0. The third kappa shape index (κ3) is 1.45. The molecule has 0 aliphatic rings. The van der Waals surface area contributed by atoms with E-state index in [4.69, 9.17) is 0 Å². The van der Waals surface area contributed by atoms with Crippen LogP contribution in [-0.2, 0) is 0 Å². The molecule has 7 nitrogen and oxygen atoms in total. The van der Waals surface area contributed by atoms with Crippen LogP contribution in [0.2, 0.25) is 0 Å². The Bertz CT molecular complexity index is 947. The van der Waals surface area contributed by atoms with Gasteiger partial charge in [0.2, 0.25) is 0 Å². The van der Waals surface area contributed by atoms with Crippen LogP contribution in [0.4, 0.5) is 0 Å². The maximum Gasteiger partial charge on any atom is 0.325 e. The molecule has 0 aliphatic carbocycles. The number of benzene rings is 1. The number of hydrogen-bond donors (Lipinski definition) is 2. The minimum absolute atomic E-state index is 0.275. The van der Waals surface area contributed by atoms with E-state index in [9.17, 15) is 4.79 Å². The Morgan fingerprint density at radius 1 is 1.16 bits per heavy atom. The van der Waals surface area contributed by atoms with Crippen molar-refractivity contribution in [3.05, 3.63) is 47.0 Å². The Labute approximate surface area is 105 Å². The van der Waals surface area contributed by atoms with Crippen molar-refractivity contribution >= 4 is 22.2 Å². The second kappa shape index (κ2) is 3.52. The first kappa shape index (κ1) is 10.0. The molecule has 4 aromatic rings. The lowest BCUT2D eigenvalue weighted by atomic mass is 10.3. The van der Waals surface area contributed by atoms with Gasteiger partial charge in [-0.2, -0.15) is 0 Å². The van der Waals surface area contributed by atoms with Gasteiger partial charge in [-0.3, -0.25) is 4.98 Å². The first-order chi connectivity index (χ1) is 9.31. The number of para-hydroxylation sites is 1. The molecule has 0 fully saturated rings. The molecule has 19 heavy (non-hydrogen) atoms. The lowest BCUT2D eigenvalue weighted by Crippen LogP contribution is -1.99. The van der Waals surface area contributed by atoms with E-state index in [1.54, 1.807) is 16.9 Å². The maximum absolute atomic E-state index is 11.2. The van der Waals surface area contributed by atoms with E-state index in [2.05, 4.69) is 25.3 Å². The number of nitrogens with one attached hydrogen (secondary N) is 2. The Morgan fingerprint density at radius 2 is 2.05 bits per heavy atom. The largest absolute Gasteiger partial charge is 0.325 e. The summed E-state index contributed by atoms with van der Waals surface area (Å²) < 4.78 is 1.69. The molecule has 0 saturated heterocycles. The number of nitrogens with zero attached hydrogens (tertiary/aromatic N) is 4. The summed E-state index contributed by atoms with van der Waals surface area (Å²) in [7, 11) is 0. The van der Waals surface area contributed by atoms with Crippen molar-refractivity contribution < 1.29 is 0 Å². The summed E-state index contributed by atoms with van der Waals surface area (Å²) >= 11 is 0. The molecule has 0 radical (unpaired) electrons. The van der Waals surface area contributed by atoms with Crippen LogP contribution in [0.5, 0.6) is 0 Å². The van der Waals surface area contributed by atoms with E-state index < -0.39 is 0 Å². The van der Waals surface area contributed by atoms with Crippen molar-refractivity contribution in [2.24, 2.45) is 0 Å². The fourth-order valence-electron chi connectivity index (χ4n) is 2.09. The van der Waals surface area contributed by atoms with E-state index in [0.29, 0.717) is 11.2 Å². The number of fused-ring (bicyclic) bond motifs is 2. The number of H-pyrrole nitrogens is 2. The standard InChI is InChI=1S/C12H8N6O/c19-12-14-9-5-7(6-13-11(9)15-12)18-10-4-2-1-3-8(10)16-17-18/h1-6H,(H2,13,14,15,19). The Kier molecular flexibility index (Phi) is 1.85. The number of hydrogen-bond acceptors (Lipinski definition) is 4. The molecule has 92 valence electrons. The smallest absolute Gasteiger partial charge is 0.304 e. The van der Waals surface area contributed by atoms with Crippen LogP contribution >= 0.6 is 0 Å². The van der Waals surface area contributed by atoms with Crippen LogP contribution in [0.15, 0.2) is 41.3 Å². The van der Waals surface area contributed by atoms with Gasteiger partial charge in [0.05, 0.1) is 22.9 Å². The molecule has 3 aromatic heterocycles. The second-order valence-electron chi connectivity index (χ2n) is 4.16. The summed E-state index contributed by atoms with van der Waals surface area (Å²) in [5.74, 6) is 0. The van der Waals surface area contributed by atoms with Crippen LogP contribution in [0.3, 0.4) is 0 Å². The minimum atomic E-state index is -0.275. The monoisotopic (exact) mass is 252 g/mol. The van der Waals surface area contributed by atoms with Gasteiger partial charge >= 0.3 is 5.69 Å². The average Bonchev–Trinajstić information content (AvgIpc) is 2.99. The molecular weight excluding hydrogens is 244 g/mol. The Morgan fingerprint density at radius 3 is 3.00 bits per heavy atom. The third-order valence-electron chi connectivity index (χ3n) is 2.95. The molecule has 0 saturated carbocycles. The first-order valence-corrected chi connectivity index (χ1v) is 5.70. The zero-order valence-electron chi connectivity index (χ0n) is 9.66. The summed E-state index contributed by atoms with van der Waals surface area (Å²) in [6.07, 6.45) is 1.65. The highest BCUT2D eigenvalue weighted by molar-refractivity contribution is 5.78. The predicted molar refractivity (Wildman–Crippen MR) is 69.1 cm³/mol. The molecule has 3 heterocycles. The molecule has 0 amide bonds. The van der Waals surface area contributed by atoms with E-state index in [1.807, 2.05) is 24.3 Å². The number of pyridine rings is 1. The van der Waals surface area contributed by atoms with Crippen molar-refractivity contribution in [3.8, 4) is 5.69 Å². The van der Waals surface area contributed by atoms with Gasteiger partial charge in [-0.15, -0.1) is 5.10 Å². The summed E-state index contributed by atoms with van der Waals surface area (Å²) in [5, 5.41) is 8.19. The number of aromatic nitrogens is 6. The molecule has 7 heteroatoms. The van der Waals surface area contributed by atoms with Gasteiger partial charge < -0.3 is 4.98 Å². The van der Waals surface area contributed by atoms with Crippen molar-refractivity contribution in [3.63, 3.8) is 0 Å². The highest BCUT2D eigenvalue weighted by Crippen LogP contribution is 2.16. The van der Waals surface area contributed by atoms with Gasteiger partial charge in [0.15, 0.2) is 5.65 Å². The maximum atomic E-state index is 11.2. The van der Waals surface area contributed by atoms with Gasteiger partial charge in [-0.1, -0.05) is 17.3 Å². The SMILES string of the molecule is O=c1[nH]c2cc(-n3nnc4ccccc43)cnc2[nH]1. The van der Waals surface area contributed by atoms with E-state index in [0.717, 1.165) is 16.7 Å². The van der Waals surface area contributed by atoms with E-state index in [-0.39, 0.29) is 5.69 Å². The molecule has 0 atom stereocenters. The highest BCUT2D eigenvalue weighted by Gasteiger charge is 2.08. The van der Waals surface area contributed by atoms with E-state index >= 15 is 0 Å². The van der Waals surface area contributed by atoms with Crippen LogP contribution in [-0.4, -0.2) is 29.9 Å². The van der Waals surface area contributed by atoms with Crippen LogP contribution in [0.25, 0.3) is 27.9 Å². The molecule has 2 N–H and O–H groups in total. The van der Waals surface area contributed by atoms with Gasteiger partial charge in [0.25, 0.3) is 0 Å². The lowest BCUT2D eigenvalue weighted by molar-refractivity contribution is 0.821. The summed E-state index contributed by atoms with van der Waals surface area (Å²) in [4.78, 5) is 20.7. The van der Waals surface area contributed by atoms with Crippen molar-refractivity contribution in [1.82, 2.24) is 29.9 Å². The Hall–Kier alpha value is -2.96. The third-order valence-corrected chi connectivity index (χ3v) is 2.95. The number of aromatic amines is 2. The molecule has 0 bridgehead atoms. The van der Waals surface area contributed by atoms with Gasteiger partial charge in [0.1, 0.15) is 5.52 Å². The summed E-state index contributed by atoms with van der Waals surface area (Å²) in [6.45, 7) is 0. The van der Waals surface area contributed by atoms with Crippen molar-refractivity contribution in [2.75, 3.05) is 0 Å². The Balaban J connectivity index is 2.00. The van der Waals surface area contributed by atoms with Crippen LogP contribution in [0.1, 0.15) is 0 Å². The zero-order valence-corrected chi connectivity index (χ0v) is 9.66. The molecule has 4 rings (SSSR count). The molecule has 1 aromatic carbocycles. The number of imidazole rings is 1. The molecular formula is C12H8N6O. The predicted octanol–water partition coefficient (Wildman–Crippen LogP) is 0.985. The molecule has 0 spiro atoms. The summed E-state index contributed by atoms with van der Waals surface area (Å²) in [5.41, 5.74) is 3.34. The van der Waals surface area contributed by atoms with Crippen molar-refractivity contribution in [2.45, 2.75) is 0 Å². The van der Waals surface area contributed by atoms with E-state index in [1.165, 1.54) is 0 Å². The normalized spacial score (nSPS) is 11.4. The zero-order chi connectivity index (χ0) is 12.8. The fourth-order valence-corrected chi connectivity index (χ4v) is 2.09. The second-order valence-corrected chi connectivity index (χ2v) is 4.16. The average molecular weight is 252 g/mol. The quantitative estimate of drug-likeness (QED) is 0.528. The topological polar surface area (TPSA) is 92.2 Å². The lowest BCUT2D eigenvalue weighted by Gasteiger charge is -2.00. The number of rotatable bonds is 1. The van der Waals surface area contributed by atoms with Crippen LogP contribution < -0.4 is 5.69 Å². The van der Waals surface area contributed by atoms with Crippen molar-refractivity contribution in [1.29, 1.82) is 0 Å². The first-order valence-electron chi connectivity index (χ1n) is 5.70. The molecule has 0 unspecified atom stereocenters. The van der Waals surface area contributed by atoms with Gasteiger partial charge in [0, 0.05) is 0 Å².